The number of hydrogen-bond acceptors (Lipinski definition) is 3. The Balaban J connectivity index is 1.73. The number of nitrogens with one attached hydrogen (secondary N) is 1. The lowest BCUT2D eigenvalue weighted by Gasteiger charge is -2.40. The monoisotopic (exact) mass is 304 g/mol. The molecule has 3 atom stereocenters. The number of hydrogen-bond donors (Lipinski definition) is 1. The molecule has 1 N–H and O–H groups in total. The van der Waals surface area contributed by atoms with Crippen molar-refractivity contribution in [1.29, 1.82) is 0 Å². The van der Waals surface area contributed by atoms with Gasteiger partial charge in [-0.3, -0.25) is 4.90 Å². The molecule has 1 saturated carbocycles. The van der Waals surface area contributed by atoms with Gasteiger partial charge in [-0.05, 0) is 38.6 Å². The number of piperazine rings is 1. The summed E-state index contributed by atoms with van der Waals surface area (Å²) in [7, 11) is 2.24. The predicted molar refractivity (Wildman–Crippen MR) is 91.1 cm³/mol. The lowest BCUT2D eigenvalue weighted by atomic mass is 9.92. The van der Waals surface area contributed by atoms with Gasteiger partial charge < -0.3 is 9.88 Å². The Kier molecular flexibility index (Phi) is 5.53. The summed E-state index contributed by atoms with van der Waals surface area (Å²) in [5.74, 6) is 2.75. The summed E-state index contributed by atoms with van der Waals surface area (Å²) in [4.78, 5) is 13.2. The zero-order chi connectivity index (χ0) is 15.4. The van der Waals surface area contributed by atoms with Gasteiger partial charge in [-0.2, -0.15) is 0 Å². The Morgan fingerprint density at radius 3 is 2.59 bits per heavy atom. The van der Waals surface area contributed by atoms with Crippen molar-refractivity contribution in [3.05, 3.63) is 18.2 Å². The minimum Gasteiger partial charge on any atom is -0.348 e. The molecule has 124 valence electrons. The average molecular weight is 304 g/mol. The van der Waals surface area contributed by atoms with Crippen molar-refractivity contribution in [2.24, 2.45) is 5.92 Å². The Morgan fingerprint density at radius 2 is 1.91 bits per heavy atom. The van der Waals surface area contributed by atoms with Gasteiger partial charge in [-0.1, -0.05) is 19.8 Å². The van der Waals surface area contributed by atoms with Crippen molar-refractivity contribution in [2.45, 2.75) is 57.4 Å². The number of rotatable bonds is 4. The number of H-pyrrole nitrogens is 1. The number of imidazole rings is 1. The van der Waals surface area contributed by atoms with Gasteiger partial charge in [-0.25, -0.2) is 4.98 Å². The van der Waals surface area contributed by atoms with Crippen LogP contribution in [-0.4, -0.2) is 59.0 Å². The van der Waals surface area contributed by atoms with Gasteiger partial charge >= 0.3 is 0 Å². The second-order valence-corrected chi connectivity index (χ2v) is 7.30. The van der Waals surface area contributed by atoms with Gasteiger partial charge in [0, 0.05) is 50.5 Å². The third-order valence-corrected chi connectivity index (χ3v) is 5.80. The van der Waals surface area contributed by atoms with Crippen LogP contribution in [0.2, 0.25) is 0 Å². The molecule has 3 rings (SSSR count). The largest absolute Gasteiger partial charge is 0.348 e. The van der Waals surface area contributed by atoms with Crippen molar-refractivity contribution < 1.29 is 0 Å². The van der Waals surface area contributed by atoms with E-state index in [-0.39, 0.29) is 0 Å². The van der Waals surface area contributed by atoms with Crippen LogP contribution >= 0.6 is 0 Å². The first kappa shape index (κ1) is 16.0. The van der Waals surface area contributed by atoms with Gasteiger partial charge in [0.15, 0.2) is 0 Å². The molecule has 1 aliphatic carbocycles. The fourth-order valence-electron chi connectivity index (χ4n) is 4.45. The summed E-state index contributed by atoms with van der Waals surface area (Å²) in [6.07, 6.45) is 12.1. The van der Waals surface area contributed by atoms with Gasteiger partial charge in [-0.15, -0.1) is 0 Å². The number of likely N-dealkylation sites (N-methyl/N-ethyl adjacent to an activating group) is 1. The predicted octanol–water partition coefficient (Wildman–Crippen LogP) is 3.10. The van der Waals surface area contributed by atoms with Crippen LogP contribution in [0.3, 0.4) is 0 Å². The fraction of sp³-hybridized carbons (Fsp3) is 0.833. The van der Waals surface area contributed by atoms with Crippen molar-refractivity contribution in [3.8, 4) is 0 Å². The summed E-state index contributed by atoms with van der Waals surface area (Å²) in [5.41, 5.74) is 0. The van der Waals surface area contributed by atoms with Crippen LogP contribution in [0.1, 0.15) is 57.2 Å². The standard InChI is InChI=1S/C18H32N4/c1-3-4-15-5-7-16(18-19-9-10-20-18)17(8-6-15)22-13-11-21(2)12-14-22/h9-10,15-17H,3-8,11-14H2,1-2H3,(H,19,20). The van der Waals surface area contributed by atoms with Gasteiger partial charge in [0.1, 0.15) is 5.82 Å². The highest BCUT2D eigenvalue weighted by Gasteiger charge is 2.34. The molecule has 22 heavy (non-hydrogen) atoms. The van der Waals surface area contributed by atoms with E-state index in [1.165, 1.54) is 70.5 Å². The molecule has 0 spiro atoms. The summed E-state index contributed by atoms with van der Waals surface area (Å²) >= 11 is 0. The fourth-order valence-corrected chi connectivity index (χ4v) is 4.45. The van der Waals surface area contributed by atoms with Crippen molar-refractivity contribution in [2.75, 3.05) is 33.2 Å². The maximum Gasteiger partial charge on any atom is 0.110 e. The normalized spacial score (nSPS) is 32.0. The zero-order valence-electron chi connectivity index (χ0n) is 14.3. The molecule has 0 radical (unpaired) electrons. The zero-order valence-corrected chi connectivity index (χ0v) is 14.3. The molecule has 4 heteroatoms. The van der Waals surface area contributed by atoms with Crippen LogP contribution in [0.15, 0.2) is 12.4 Å². The third-order valence-electron chi connectivity index (χ3n) is 5.80. The Morgan fingerprint density at radius 1 is 1.14 bits per heavy atom. The Hall–Kier alpha value is -0.870. The Bertz CT molecular complexity index is 422. The average Bonchev–Trinajstić information content (AvgIpc) is 2.97. The molecule has 2 fully saturated rings. The molecule has 0 amide bonds. The van der Waals surface area contributed by atoms with Crippen molar-refractivity contribution >= 4 is 0 Å². The van der Waals surface area contributed by atoms with Crippen LogP contribution in [0.4, 0.5) is 0 Å². The van der Waals surface area contributed by atoms with Crippen LogP contribution in [-0.2, 0) is 0 Å². The third kappa shape index (κ3) is 3.72. The van der Waals surface area contributed by atoms with Gasteiger partial charge in [0.2, 0.25) is 0 Å². The summed E-state index contributed by atoms with van der Waals surface area (Å²) in [6.45, 7) is 7.18. The molecule has 1 aromatic rings. The second-order valence-electron chi connectivity index (χ2n) is 7.30. The van der Waals surface area contributed by atoms with Crippen LogP contribution in [0.25, 0.3) is 0 Å². The molecule has 2 heterocycles. The highest BCUT2D eigenvalue weighted by atomic mass is 15.3. The molecular weight excluding hydrogens is 272 g/mol. The van der Waals surface area contributed by atoms with Gasteiger partial charge in [0.05, 0.1) is 0 Å². The lowest BCUT2D eigenvalue weighted by molar-refractivity contribution is 0.0912. The molecule has 1 aliphatic heterocycles. The molecule has 0 aromatic carbocycles. The number of nitrogens with zero attached hydrogens (tertiary/aromatic N) is 3. The SMILES string of the molecule is CCCC1CCC(c2ncc[nH]2)C(N2CCN(C)CC2)CC1. The van der Waals surface area contributed by atoms with E-state index in [0.29, 0.717) is 12.0 Å². The lowest BCUT2D eigenvalue weighted by Crippen LogP contribution is -2.50. The number of aromatic amines is 1. The van der Waals surface area contributed by atoms with E-state index in [1.54, 1.807) is 0 Å². The molecule has 1 saturated heterocycles. The molecule has 1 aromatic heterocycles. The molecule has 4 nitrogen and oxygen atoms in total. The highest BCUT2D eigenvalue weighted by molar-refractivity contribution is 5.04. The first-order valence-corrected chi connectivity index (χ1v) is 9.19. The van der Waals surface area contributed by atoms with Crippen molar-refractivity contribution in [3.63, 3.8) is 0 Å². The molecule has 0 bridgehead atoms. The minimum atomic E-state index is 0.597. The second kappa shape index (κ2) is 7.60. The maximum absolute atomic E-state index is 4.62. The Labute approximate surface area is 135 Å². The smallest absolute Gasteiger partial charge is 0.110 e. The summed E-state index contributed by atoms with van der Waals surface area (Å²) in [6, 6.07) is 0.682. The summed E-state index contributed by atoms with van der Waals surface area (Å²) < 4.78 is 0. The first-order valence-electron chi connectivity index (χ1n) is 9.19. The first-order chi connectivity index (χ1) is 10.8. The van der Waals surface area contributed by atoms with E-state index in [9.17, 15) is 0 Å². The number of aromatic nitrogens is 2. The van der Waals surface area contributed by atoms with E-state index in [1.807, 2.05) is 12.4 Å². The van der Waals surface area contributed by atoms with E-state index in [2.05, 4.69) is 33.7 Å². The summed E-state index contributed by atoms with van der Waals surface area (Å²) in [5, 5.41) is 0. The molecule has 3 unspecified atom stereocenters. The minimum absolute atomic E-state index is 0.597. The van der Waals surface area contributed by atoms with Crippen LogP contribution in [0.5, 0.6) is 0 Å². The molecule has 2 aliphatic rings. The van der Waals surface area contributed by atoms with E-state index >= 15 is 0 Å². The van der Waals surface area contributed by atoms with Crippen molar-refractivity contribution in [1.82, 2.24) is 19.8 Å². The van der Waals surface area contributed by atoms with Crippen LogP contribution in [0, 0.1) is 5.92 Å². The van der Waals surface area contributed by atoms with E-state index in [4.69, 9.17) is 0 Å². The molecular formula is C18H32N4. The van der Waals surface area contributed by atoms with E-state index < -0.39 is 0 Å². The van der Waals surface area contributed by atoms with Crippen LogP contribution < -0.4 is 0 Å². The van der Waals surface area contributed by atoms with Gasteiger partial charge in [0.25, 0.3) is 0 Å². The quantitative estimate of drug-likeness (QED) is 0.868. The highest BCUT2D eigenvalue weighted by Crippen LogP contribution is 2.37. The maximum atomic E-state index is 4.62. The van der Waals surface area contributed by atoms with E-state index in [0.717, 1.165) is 5.92 Å². The topological polar surface area (TPSA) is 35.2 Å².